The Hall–Kier alpha value is -0.930. The Labute approximate surface area is 93.3 Å². The van der Waals surface area contributed by atoms with Crippen LogP contribution in [-0.2, 0) is 0 Å². The van der Waals surface area contributed by atoms with Crippen molar-refractivity contribution in [2.45, 2.75) is 12.8 Å². The molecule has 78 valence electrons. The third kappa shape index (κ3) is 1.56. The van der Waals surface area contributed by atoms with Gasteiger partial charge in [-0.1, -0.05) is 19.1 Å². The van der Waals surface area contributed by atoms with E-state index in [-0.39, 0.29) is 0 Å². The number of rotatable bonds is 2. The lowest BCUT2D eigenvalue weighted by atomic mass is 9.89. The summed E-state index contributed by atoms with van der Waals surface area (Å²) in [5.41, 5.74) is 1.15. The number of fused-ring (bicyclic) bond motifs is 1. The van der Waals surface area contributed by atoms with E-state index in [9.17, 15) is 0 Å². The van der Waals surface area contributed by atoms with Crippen LogP contribution >= 0.6 is 11.3 Å². The van der Waals surface area contributed by atoms with Gasteiger partial charge >= 0.3 is 0 Å². The molecule has 1 saturated heterocycles. The van der Waals surface area contributed by atoms with Crippen LogP contribution in [0.4, 0.5) is 0 Å². The number of nitrogens with one attached hydrogen (secondary N) is 1. The molecule has 1 aromatic heterocycles. The summed E-state index contributed by atoms with van der Waals surface area (Å²) in [6.07, 6.45) is 0. The first-order chi connectivity index (χ1) is 7.34. The maximum Gasteiger partial charge on any atom is 0.0970 e. The van der Waals surface area contributed by atoms with Gasteiger partial charge in [-0.05, 0) is 31.1 Å². The van der Waals surface area contributed by atoms with Gasteiger partial charge in [-0.3, -0.25) is 0 Å². The van der Waals surface area contributed by atoms with E-state index in [1.165, 1.54) is 9.71 Å². The van der Waals surface area contributed by atoms with E-state index >= 15 is 0 Å². The van der Waals surface area contributed by atoms with Gasteiger partial charge in [0, 0.05) is 5.92 Å². The molecule has 2 heterocycles. The van der Waals surface area contributed by atoms with Gasteiger partial charge in [-0.15, -0.1) is 11.3 Å². The van der Waals surface area contributed by atoms with E-state index in [2.05, 4.69) is 36.5 Å². The molecule has 0 radical (unpaired) electrons. The summed E-state index contributed by atoms with van der Waals surface area (Å²) >= 11 is 1.84. The lowest BCUT2D eigenvalue weighted by Gasteiger charge is -2.31. The zero-order valence-corrected chi connectivity index (χ0v) is 9.55. The molecule has 0 saturated carbocycles. The van der Waals surface area contributed by atoms with Crippen LogP contribution in [0.25, 0.3) is 10.2 Å². The second kappa shape index (κ2) is 3.58. The maximum atomic E-state index is 4.71. The maximum absolute atomic E-state index is 4.71. The van der Waals surface area contributed by atoms with Gasteiger partial charge in [0.1, 0.15) is 0 Å². The van der Waals surface area contributed by atoms with Crippen LogP contribution in [0.1, 0.15) is 17.8 Å². The fourth-order valence-electron chi connectivity index (χ4n) is 1.95. The molecule has 2 aromatic rings. The molecule has 0 aliphatic carbocycles. The minimum atomic E-state index is 0.601. The summed E-state index contributed by atoms with van der Waals surface area (Å²) in [5, 5.41) is 4.62. The van der Waals surface area contributed by atoms with Gasteiger partial charge < -0.3 is 5.32 Å². The Balaban J connectivity index is 1.96. The predicted molar refractivity (Wildman–Crippen MR) is 64.4 cm³/mol. The molecular weight excluding hydrogens is 204 g/mol. The van der Waals surface area contributed by atoms with Crippen molar-refractivity contribution in [1.82, 2.24) is 10.3 Å². The second-order valence-electron chi connectivity index (χ2n) is 4.23. The van der Waals surface area contributed by atoms with Gasteiger partial charge in [-0.2, -0.15) is 0 Å². The van der Waals surface area contributed by atoms with Crippen LogP contribution in [0.3, 0.4) is 0 Å². The van der Waals surface area contributed by atoms with Crippen LogP contribution in [-0.4, -0.2) is 18.1 Å². The summed E-state index contributed by atoms with van der Waals surface area (Å²) in [6.45, 7) is 4.59. The standard InChI is InChI=1S/C12H14N2S/c1-8(9-6-13-7-9)12-14-10-4-2-3-5-11(10)15-12/h2-5,8-9,13H,6-7H2,1H3. The molecule has 2 nitrogen and oxygen atoms in total. The third-order valence-electron chi connectivity index (χ3n) is 3.22. The summed E-state index contributed by atoms with van der Waals surface area (Å²) < 4.78 is 1.31. The van der Waals surface area contributed by atoms with Crippen molar-refractivity contribution in [2.75, 3.05) is 13.1 Å². The van der Waals surface area contributed by atoms with Crippen molar-refractivity contribution >= 4 is 21.6 Å². The fraction of sp³-hybridized carbons (Fsp3) is 0.417. The molecular formula is C12H14N2S. The molecule has 0 bridgehead atoms. The van der Waals surface area contributed by atoms with Gasteiger partial charge in [0.15, 0.2) is 0 Å². The molecule has 1 aromatic carbocycles. The Bertz CT molecular complexity index is 440. The molecule has 1 atom stereocenters. The van der Waals surface area contributed by atoms with E-state index in [0.29, 0.717) is 5.92 Å². The minimum Gasteiger partial charge on any atom is -0.316 e. The number of hydrogen-bond acceptors (Lipinski definition) is 3. The highest BCUT2D eigenvalue weighted by molar-refractivity contribution is 7.18. The number of benzene rings is 1. The number of thiazole rings is 1. The van der Waals surface area contributed by atoms with Gasteiger partial charge in [0.05, 0.1) is 15.2 Å². The van der Waals surface area contributed by atoms with E-state index in [1.807, 2.05) is 11.3 Å². The number of hydrogen-bond donors (Lipinski definition) is 1. The van der Waals surface area contributed by atoms with Crippen molar-refractivity contribution in [2.24, 2.45) is 5.92 Å². The Morgan fingerprint density at radius 1 is 1.40 bits per heavy atom. The largest absolute Gasteiger partial charge is 0.316 e. The molecule has 0 amide bonds. The second-order valence-corrected chi connectivity index (χ2v) is 5.29. The van der Waals surface area contributed by atoms with Gasteiger partial charge in [0.25, 0.3) is 0 Å². The molecule has 1 N–H and O–H groups in total. The fourth-order valence-corrected chi connectivity index (χ4v) is 3.06. The summed E-state index contributed by atoms with van der Waals surface area (Å²) in [6, 6.07) is 8.39. The quantitative estimate of drug-likeness (QED) is 0.838. The summed E-state index contributed by atoms with van der Waals surface area (Å²) in [4.78, 5) is 4.71. The van der Waals surface area contributed by atoms with E-state index in [4.69, 9.17) is 4.98 Å². The zero-order chi connectivity index (χ0) is 10.3. The first-order valence-corrected chi connectivity index (χ1v) is 6.22. The van der Waals surface area contributed by atoms with Crippen LogP contribution in [0, 0.1) is 5.92 Å². The van der Waals surface area contributed by atoms with Crippen LogP contribution in [0.2, 0.25) is 0 Å². The first-order valence-electron chi connectivity index (χ1n) is 5.41. The summed E-state index contributed by atoms with van der Waals surface area (Å²) in [7, 11) is 0. The third-order valence-corrected chi connectivity index (χ3v) is 4.46. The highest BCUT2D eigenvalue weighted by atomic mass is 32.1. The van der Waals surface area contributed by atoms with Crippen molar-refractivity contribution in [3.8, 4) is 0 Å². The number of para-hydroxylation sites is 1. The van der Waals surface area contributed by atoms with E-state index in [1.54, 1.807) is 0 Å². The molecule has 3 heteroatoms. The molecule has 15 heavy (non-hydrogen) atoms. The lowest BCUT2D eigenvalue weighted by Crippen LogP contribution is -2.44. The molecule has 1 aliphatic heterocycles. The zero-order valence-electron chi connectivity index (χ0n) is 8.73. The van der Waals surface area contributed by atoms with Gasteiger partial charge in [-0.25, -0.2) is 4.98 Å². The van der Waals surface area contributed by atoms with Crippen molar-refractivity contribution in [3.05, 3.63) is 29.3 Å². The smallest absolute Gasteiger partial charge is 0.0970 e. The SMILES string of the molecule is CC(c1nc2ccccc2s1)C1CNC1. The molecule has 0 spiro atoms. The van der Waals surface area contributed by atoms with Gasteiger partial charge in [0.2, 0.25) is 0 Å². The Morgan fingerprint density at radius 2 is 2.20 bits per heavy atom. The monoisotopic (exact) mass is 218 g/mol. The highest BCUT2D eigenvalue weighted by Crippen LogP contribution is 2.32. The first kappa shape index (κ1) is 9.31. The van der Waals surface area contributed by atoms with E-state index < -0.39 is 0 Å². The molecule has 1 fully saturated rings. The number of nitrogens with zero attached hydrogens (tertiary/aromatic N) is 1. The van der Waals surface area contributed by atoms with E-state index in [0.717, 1.165) is 24.5 Å². The van der Waals surface area contributed by atoms with Crippen LogP contribution in [0.15, 0.2) is 24.3 Å². The number of aromatic nitrogens is 1. The molecule has 1 aliphatic rings. The Kier molecular flexibility index (Phi) is 2.22. The average Bonchev–Trinajstić information content (AvgIpc) is 2.58. The topological polar surface area (TPSA) is 24.9 Å². The molecule has 3 rings (SSSR count). The van der Waals surface area contributed by atoms with Crippen LogP contribution in [0.5, 0.6) is 0 Å². The average molecular weight is 218 g/mol. The lowest BCUT2D eigenvalue weighted by molar-refractivity contribution is 0.303. The van der Waals surface area contributed by atoms with Crippen molar-refractivity contribution < 1.29 is 0 Å². The molecule has 1 unspecified atom stereocenters. The summed E-state index contributed by atoms with van der Waals surface area (Å²) in [5.74, 6) is 1.38. The highest BCUT2D eigenvalue weighted by Gasteiger charge is 2.26. The normalized spacial score (nSPS) is 19.0. The predicted octanol–water partition coefficient (Wildman–Crippen LogP) is 2.62. The van der Waals surface area contributed by atoms with Crippen molar-refractivity contribution in [1.29, 1.82) is 0 Å². The Morgan fingerprint density at radius 3 is 2.87 bits per heavy atom. The van der Waals surface area contributed by atoms with Crippen LogP contribution < -0.4 is 5.32 Å². The van der Waals surface area contributed by atoms with Crippen molar-refractivity contribution in [3.63, 3.8) is 0 Å². The minimum absolute atomic E-state index is 0.601.